The standard InChI is InChI=1S/C21H16N4O4S/c1-11-9-12(29-13-3-2-7-22-10-13)4-5-14(11)25-15-6-8-23-19-16(15)17(24-21(25)28)18(30-19)20(26)27/h2-10,17-18H,1H3,(H,24,28)(H,26,27). The van der Waals surface area contributed by atoms with Crippen molar-refractivity contribution >= 4 is 35.1 Å². The summed E-state index contributed by atoms with van der Waals surface area (Å²) in [5.74, 6) is 0.267. The molecule has 0 saturated heterocycles. The number of aromatic nitrogens is 2. The van der Waals surface area contributed by atoms with Crippen molar-refractivity contribution < 1.29 is 19.4 Å². The highest BCUT2D eigenvalue weighted by atomic mass is 32.2. The third-order valence-corrected chi connectivity index (χ3v) is 6.30. The van der Waals surface area contributed by atoms with E-state index in [1.165, 1.54) is 0 Å². The van der Waals surface area contributed by atoms with E-state index in [1.807, 2.05) is 25.1 Å². The molecule has 3 aromatic rings. The molecule has 2 atom stereocenters. The minimum atomic E-state index is -0.976. The van der Waals surface area contributed by atoms with Crippen LogP contribution in [-0.4, -0.2) is 32.3 Å². The molecule has 2 aliphatic rings. The van der Waals surface area contributed by atoms with E-state index in [-0.39, 0.29) is 6.03 Å². The summed E-state index contributed by atoms with van der Waals surface area (Å²) >= 11 is 1.16. The third kappa shape index (κ3) is 2.94. The van der Waals surface area contributed by atoms with Crippen LogP contribution >= 0.6 is 11.8 Å². The van der Waals surface area contributed by atoms with Gasteiger partial charge in [0.2, 0.25) is 0 Å². The fourth-order valence-corrected chi connectivity index (χ4v) is 4.90. The number of rotatable bonds is 4. The first-order chi connectivity index (χ1) is 14.5. The van der Waals surface area contributed by atoms with Crippen LogP contribution in [0.15, 0.2) is 60.0 Å². The van der Waals surface area contributed by atoms with Gasteiger partial charge in [0, 0.05) is 18.0 Å². The van der Waals surface area contributed by atoms with Crippen LogP contribution in [0.3, 0.4) is 0 Å². The molecule has 8 nitrogen and oxygen atoms in total. The van der Waals surface area contributed by atoms with Gasteiger partial charge in [0.15, 0.2) is 0 Å². The molecule has 2 aromatic heterocycles. The Hall–Kier alpha value is -3.59. The van der Waals surface area contributed by atoms with Gasteiger partial charge in [-0.1, -0.05) is 11.8 Å². The van der Waals surface area contributed by atoms with Gasteiger partial charge >= 0.3 is 12.0 Å². The smallest absolute Gasteiger partial charge is 0.327 e. The molecule has 2 unspecified atom stereocenters. The molecule has 2 amide bonds. The lowest BCUT2D eigenvalue weighted by molar-refractivity contribution is -0.136. The minimum Gasteiger partial charge on any atom is -0.480 e. The van der Waals surface area contributed by atoms with Crippen molar-refractivity contribution in [2.75, 3.05) is 4.90 Å². The van der Waals surface area contributed by atoms with Crippen LogP contribution in [0.5, 0.6) is 11.5 Å². The fourth-order valence-electron chi connectivity index (χ4n) is 3.74. The summed E-state index contributed by atoms with van der Waals surface area (Å²) in [6.07, 6.45) is 4.89. The van der Waals surface area contributed by atoms with Crippen molar-refractivity contribution in [1.29, 1.82) is 0 Å². The molecule has 0 aliphatic carbocycles. The number of carboxylic acids is 1. The molecule has 4 heterocycles. The van der Waals surface area contributed by atoms with Gasteiger partial charge < -0.3 is 15.2 Å². The van der Waals surface area contributed by atoms with Gasteiger partial charge in [-0.3, -0.25) is 14.7 Å². The lowest BCUT2D eigenvalue weighted by Gasteiger charge is -2.34. The maximum Gasteiger partial charge on any atom is 0.327 e. The predicted molar refractivity (Wildman–Crippen MR) is 110 cm³/mol. The van der Waals surface area contributed by atoms with E-state index in [4.69, 9.17) is 4.74 Å². The van der Waals surface area contributed by atoms with Gasteiger partial charge in [-0.2, -0.15) is 0 Å². The Morgan fingerprint density at radius 2 is 2.07 bits per heavy atom. The molecule has 0 radical (unpaired) electrons. The van der Waals surface area contributed by atoms with Crippen molar-refractivity contribution in [3.63, 3.8) is 0 Å². The van der Waals surface area contributed by atoms with Crippen LogP contribution in [0.1, 0.15) is 17.2 Å². The number of carboxylic acid groups (broad SMARTS) is 1. The number of ether oxygens (including phenoxy) is 1. The van der Waals surface area contributed by atoms with Gasteiger partial charge in [-0.25, -0.2) is 9.78 Å². The second-order valence-electron chi connectivity index (χ2n) is 6.93. The molecule has 0 bridgehead atoms. The van der Waals surface area contributed by atoms with Gasteiger partial charge in [0.05, 0.1) is 23.6 Å². The monoisotopic (exact) mass is 420 g/mol. The van der Waals surface area contributed by atoms with E-state index in [2.05, 4.69) is 15.3 Å². The topological polar surface area (TPSA) is 105 Å². The Morgan fingerprint density at radius 1 is 1.20 bits per heavy atom. The van der Waals surface area contributed by atoms with Crippen molar-refractivity contribution in [1.82, 2.24) is 15.3 Å². The molecule has 0 spiro atoms. The van der Waals surface area contributed by atoms with Crippen LogP contribution in [0.4, 0.5) is 16.2 Å². The van der Waals surface area contributed by atoms with Crippen molar-refractivity contribution in [3.8, 4) is 11.5 Å². The van der Waals surface area contributed by atoms with E-state index in [0.717, 1.165) is 22.9 Å². The quantitative estimate of drug-likeness (QED) is 0.656. The number of benzene rings is 1. The molecule has 150 valence electrons. The molecule has 2 N–H and O–H groups in total. The number of nitrogens with zero attached hydrogens (tertiary/aromatic N) is 3. The number of thioether (sulfide) groups is 1. The second kappa shape index (κ2) is 7.03. The minimum absolute atomic E-state index is 0.373. The maximum absolute atomic E-state index is 13.0. The lowest BCUT2D eigenvalue weighted by Crippen LogP contribution is -2.47. The number of carbonyl (C=O) groups is 2. The van der Waals surface area contributed by atoms with Gasteiger partial charge in [-0.15, -0.1) is 0 Å². The zero-order valence-corrected chi connectivity index (χ0v) is 16.6. The Balaban J connectivity index is 1.53. The van der Waals surface area contributed by atoms with E-state index in [9.17, 15) is 14.7 Å². The van der Waals surface area contributed by atoms with E-state index in [1.54, 1.807) is 41.7 Å². The molecule has 2 aliphatic heterocycles. The second-order valence-corrected chi connectivity index (χ2v) is 8.06. The number of nitrogens with one attached hydrogen (secondary N) is 1. The van der Waals surface area contributed by atoms with Crippen LogP contribution in [0, 0.1) is 6.92 Å². The highest BCUT2D eigenvalue weighted by Gasteiger charge is 2.46. The van der Waals surface area contributed by atoms with Crippen LogP contribution in [0.2, 0.25) is 0 Å². The van der Waals surface area contributed by atoms with Crippen molar-refractivity contribution in [3.05, 3.63) is 66.1 Å². The molecular weight excluding hydrogens is 404 g/mol. The summed E-state index contributed by atoms with van der Waals surface area (Å²) < 4.78 is 5.82. The molecular formula is C21H16N4O4S. The van der Waals surface area contributed by atoms with Gasteiger partial charge in [0.1, 0.15) is 21.8 Å². The number of amides is 2. The Bertz CT molecular complexity index is 1170. The highest BCUT2D eigenvalue weighted by molar-refractivity contribution is 8.00. The van der Waals surface area contributed by atoms with Gasteiger partial charge in [0.25, 0.3) is 0 Å². The number of urea groups is 1. The number of aryl methyl sites for hydroxylation is 1. The molecule has 0 fully saturated rings. The molecule has 1 aromatic carbocycles. The average Bonchev–Trinajstić information content (AvgIpc) is 3.10. The van der Waals surface area contributed by atoms with Crippen LogP contribution < -0.4 is 15.0 Å². The first-order valence-electron chi connectivity index (χ1n) is 9.20. The third-order valence-electron chi connectivity index (χ3n) is 5.03. The number of aliphatic carboxylic acids is 1. The summed E-state index contributed by atoms with van der Waals surface area (Å²) in [7, 11) is 0. The number of anilines is 2. The summed E-state index contributed by atoms with van der Waals surface area (Å²) in [6.45, 7) is 1.89. The number of carbonyl (C=O) groups excluding carboxylic acids is 1. The SMILES string of the molecule is Cc1cc(Oc2cccnc2)ccc1N1C(=O)NC2c3c1ccnc3SC2C(=O)O. The normalized spacial score (nSPS) is 19.2. The summed E-state index contributed by atoms with van der Waals surface area (Å²) in [5, 5.41) is 12.2. The average molecular weight is 420 g/mol. The van der Waals surface area contributed by atoms with E-state index in [0.29, 0.717) is 27.9 Å². The van der Waals surface area contributed by atoms with Crippen molar-refractivity contribution in [2.45, 2.75) is 23.2 Å². The first-order valence-corrected chi connectivity index (χ1v) is 10.1. The largest absolute Gasteiger partial charge is 0.480 e. The number of hydrogen-bond donors (Lipinski definition) is 2. The Morgan fingerprint density at radius 3 is 2.80 bits per heavy atom. The Kier molecular flexibility index (Phi) is 4.32. The highest BCUT2D eigenvalue weighted by Crippen LogP contribution is 2.50. The first kappa shape index (κ1) is 18.4. The van der Waals surface area contributed by atoms with Crippen LogP contribution in [0.25, 0.3) is 0 Å². The number of pyridine rings is 2. The summed E-state index contributed by atoms with van der Waals surface area (Å²) in [6, 6.07) is 9.80. The fraction of sp³-hybridized carbons (Fsp3) is 0.143. The molecule has 30 heavy (non-hydrogen) atoms. The molecule has 9 heteroatoms. The predicted octanol–water partition coefficient (Wildman–Crippen LogP) is 4.04. The molecule has 0 saturated carbocycles. The molecule has 5 rings (SSSR count). The maximum atomic E-state index is 13.0. The summed E-state index contributed by atoms with van der Waals surface area (Å²) in [4.78, 5) is 34.6. The Labute approximate surface area is 175 Å². The van der Waals surface area contributed by atoms with Crippen molar-refractivity contribution in [2.24, 2.45) is 0 Å². The zero-order valence-electron chi connectivity index (χ0n) is 15.8. The van der Waals surface area contributed by atoms with E-state index < -0.39 is 17.3 Å². The zero-order chi connectivity index (χ0) is 20.8. The van der Waals surface area contributed by atoms with E-state index >= 15 is 0 Å². The lowest BCUT2D eigenvalue weighted by atomic mass is 10.00. The van der Waals surface area contributed by atoms with Crippen LogP contribution in [-0.2, 0) is 4.79 Å². The van der Waals surface area contributed by atoms with Gasteiger partial charge in [-0.05, 0) is 48.9 Å². The summed E-state index contributed by atoms with van der Waals surface area (Å²) in [5.41, 5.74) is 2.90. The number of hydrogen-bond acceptors (Lipinski definition) is 6.